The van der Waals surface area contributed by atoms with Crippen molar-refractivity contribution in [3.8, 4) is 0 Å². The van der Waals surface area contributed by atoms with Gasteiger partial charge in [-0.05, 0) is 31.2 Å². The molecule has 2 aromatic heterocycles. The van der Waals surface area contributed by atoms with Crippen LogP contribution in [0.25, 0.3) is 0 Å². The van der Waals surface area contributed by atoms with Gasteiger partial charge in [0.15, 0.2) is 0 Å². The van der Waals surface area contributed by atoms with Gasteiger partial charge in [0.05, 0.1) is 0 Å². The predicted octanol–water partition coefficient (Wildman–Crippen LogP) is 1.92. The average molecular weight is 242 g/mol. The quantitative estimate of drug-likeness (QED) is 0.859. The van der Waals surface area contributed by atoms with Crippen LogP contribution in [0.4, 0.5) is 11.5 Å². The second kappa shape index (κ2) is 5.77. The van der Waals surface area contributed by atoms with Crippen molar-refractivity contribution in [3.63, 3.8) is 0 Å². The first-order chi connectivity index (χ1) is 8.75. The topological polar surface area (TPSA) is 66.9 Å². The van der Waals surface area contributed by atoms with Gasteiger partial charge in [-0.15, -0.1) is 0 Å². The Hall–Kier alpha value is -2.43. The Morgan fingerprint density at radius 2 is 1.94 bits per heavy atom. The SMILES string of the molecule is C[C@@H](Nc1ccccn1)C(=O)Nc1ccncc1. The van der Waals surface area contributed by atoms with Crippen LogP contribution in [0.3, 0.4) is 0 Å². The summed E-state index contributed by atoms with van der Waals surface area (Å²) in [4.78, 5) is 19.9. The largest absolute Gasteiger partial charge is 0.359 e. The summed E-state index contributed by atoms with van der Waals surface area (Å²) in [6.07, 6.45) is 4.94. The molecule has 0 saturated heterocycles. The van der Waals surface area contributed by atoms with Crippen LogP contribution in [0.2, 0.25) is 0 Å². The molecule has 0 aliphatic carbocycles. The van der Waals surface area contributed by atoms with Gasteiger partial charge in [0.25, 0.3) is 0 Å². The number of hydrogen-bond donors (Lipinski definition) is 2. The minimum Gasteiger partial charge on any atom is -0.359 e. The minimum absolute atomic E-state index is 0.119. The lowest BCUT2D eigenvalue weighted by Gasteiger charge is -2.14. The number of aromatic nitrogens is 2. The molecule has 2 rings (SSSR count). The maximum atomic E-state index is 11.9. The normalized spacial score (nSPS) is 11.6. The highest BCUT2D eigenvalue weighted by Gasteiger charge is 2.12. The molecule has 0 radical (unpaired) electrons. The Balaban J connectivity index is 1.93. The summed E-state index contributed by atoms with van der Waals surface area (Å²) in [6.45, 7) is 1.78. The molecule has 0 unspecified atom stereocenters. The fraction of sp³-hybridized carbons (Fsp3) is 0.154. The highest BCUT2D eigenvalue weighted by Crippen LogP contribution is 2.07. The molecule has 1 amide bonds. The summed E-state index contributed by atoms with van der Waals surface area (Å²) in [5, 5.41) is 5.82. The standard InChI is InChI=1S/C13H14N4O/c1-10(16-12-4-2-3-7-15-12)13(18)17-11-5-8-14-9-6-11/h2-10H,1H3,(H,15,16)(H,14,17,18)/t10-/m1/s1. The first kappa shape index (κ1) is 12.0. The highest BCUT2D eigenvalue weighted by atomic mass is 16.2. The van der Waals surface area contributed by atoms with Crippen molar-refractivity contribution in [3.05, 3.63) is 48.9 Å². The molecule has 5 heteroatoms. The third kappa shape index (κ3) is 3.28. The number of nitrogens with zero attached hydrogens (tertiary/aromatic N) is 2. The fourth-order valence-electron chi connectivity index (χ4n) is 1.42. The molecule has 1 atom stereocenters. The summed E-state index contributed by atoms with van der Waals surface area (Å²) in [7, 11) is 0. The van der Waals surface area contributed by atoms with E-state index in [1.165, 1.54) is 0 Å². The molecular formula is C13H14N4O. The lowest BCUT2D eigenvalue weighted by Crippen LogP contribution is -2.32. The summed E-state index contributed by atoms with van der Waals surface area (Å²) in [5.41, 5.74) is 0.727. The maximum absolute atomic E-state index is 11.9. The smallest absolute Gasteiger partial charge is 0.246 e. The molecule has 0 aliphatic heterocycles. The fourth-order valence-corrected chi connectivity index (χ4v) is 1.42. The van der Waals surface area contributed by atoms with Crippen molar-refractivity contribution in [2.45, 2.75) is 13.0 Å². The van der Waals surface area contributed by atoms with Crippen molar-refractivity contribution >= 4 is 17.4 Å². The number of rotatable bonds is 4. The van der Waals surface area contributed by atoms with Crippen LogP contribution < -0.4 is 10.6 Å². The molecule has 18 heavy (non-hydrogen) atoms. The Morgan fingerprint density at radius 3 is 2.61 bits per heavy atom. The van der Waals surface area contributed by atoms with Gasteiger partial charge in [-0.1, -0.05) is 6.07 Å². The first-order valence-corrected chi connectivity index (χ1v) is 5.64. The number of carbonyl (C=O) groups is 1. The highest BCUT2D eigenvalue weighted by molar-refractivity contribution is 5.96. The molecule has 0 bridgehead atoms. The Morgan fingerprint density at radius 1 is 1.17 bits per heavy atom. The Kier molecular flexibility index (Phi) is 3.86. The van der Waals surface area contributed by atoms with Crippen molar-refractivity contribution in [1.82, 2.24) is 9.97 Å². The van der Waals surface area contributed by atoms with Crippen LogP contribution in [0.1, 0.15) is 6.92 Å². The minimum atomic E-state index is -0.368. The first-order valence-electron chi connectivity index (χ1n) is 5.64. The van der Waals surface area contributed by atoms with Gasteiger partial charge in [0, 0.05) is 24.3 Å². The monoisotopic (exact) mass is 242 g/mol. The van der Waals surface area contributed by atoms with Gasteiger partial charge >= 0.3 is 0 Å². The van der Waals surface area contributed by atoms with Gasteiger partial charge in [0.1, 0.15) is 11.9 Å². The number of hydrogen-bond acceptors (Lipinski definition) is 4. The van der Waals surface area contributed by atoms with Gasteiger partial charge in [-0.2, -0.15) is 0 Å². The van der Waals surface area contributed by atoms with Crippen molar-refractivity contribution in [1.29, 1.82) is 0 Å². The molecule has 2 N–H and O–H groups in total. The van der Waals surface area contributed by atoms with Gasteiger partial charge in [-0.3, -0.25) is 9.78 Å². The molecule has 0 aromatic carbocycles. The Bertz CT molecular complexity index is 501. The number of nitrogens with one attached hydrogen (secondary N) is 2. The van der Waals surface area contributed by atoms with Crippen molar-refractivity contribution in [2.75, 3.05) is 10.6 Å². The van der Waals surface area contributed by atoms with E-state index >= 15 is 0 Å². The number of carbonyl (C=O) groups excluding carboxylic acids is 1. The maximum Gasteiger partial charge on any atom is 0.246 e. The van der Waals surface area contributed by atoms with E-state index in [0.29, 0.717) is 5.82 Å². The lowest BCUT2D eigenvalue weighted by atomic mass is 10.3. The van der Waals surface area contributed by atoms with E-state index in [-0.39, 0.29) is 11.9 Å². The Labute approximate surface area is 105 Å². The summed E-state index contributed by atoms with van der Waals surface area (Å²) >= 11 is 0. The molecule has 2 aromatic rings. The molecule has 5 nitrogen and oxygen atoms in total. The van der Waals surface area contributed by atoms with Gasteiger partial charge < -0.3 is 10.6 Å². The van der Waals surface area contributed by atoms with Crippen LogP contribution in [0.15, 0.2) is 48.9 Å². The molecule has 0 saturated carbocycles. The third-order valence-corrected chi connectivity index (χ3v) is 2.37. The second-order valence-electron chi connectivity index (χ2n) is 3.81. The van der Waals surface area contributed by atoms with Crippen LogP contribution in [-0.2, 0) is 4.79 Å². The van der Waals surface area contributed by atoms with Gasteiger partial charge in [0.2, 0.25) is 5.91 Å². The molecular weight excluding hydrogens is 228 g/mol. The van der Waals surface area contributed by atoms with E-state index < -0.39 is 0 Å². The molecule has 0 aliphatic rings. The van der Waals surface area contributed by atoms with Crippen molar-refractivity contribution in [2.24, 2.45) is 0 Å². The zero-order valence-corrected chi connectivity index (χ0v) is 10.00. The zero-order chi connectivity index (χ0) is 12.8. The van der Waals surface area contributed by atoms with Crippen LogP contribution in [0.5, 0.6) is 0 Å². The average Bonchev–Trinajstić information content (AvgIpc) is 2.41. The van der Waals surface area contributed by atoms with E-state index in [0.717, 1.165) is 5.69 Å². The zero-order valence-electron chi connectivity index (χ0n) is 10.00. The summed E-state index contributed by atoms with van der Waals surface area (Å²) < 4.78 is 0. The molecule has 92 valence electrons. The number of amides is 1. The lowest BCUT2D eigenvalue weighted by molar-refractivity contribution is -0.116. The van der Waals surface area contributed by atoms with E-state index in [4.69, 9.17) is 0 Å². The molecule has 0 fully saturated rings. The summed E-state index contributed by atoms with van der Waals surface area (Å²) in [6, 6.07) is 8.62. The van der Waals surface area contributed by atoms with Crippen LogP contribution in [0, 0.1) is 0 Å². The third-order valence-electron chi connectivity index (χ3n) is 2.37. The van der Waals surface area contributed by atoms with Crippen LogP contribution >= 0.6 is 0 Å². The number of anilines is 2. The van der Waals surface area contributed by atoms with Crippen LogP contribution in [-0.4, -0.2) is 21.9 Å². The van der Waals surface area contributed by atoms with E-state index in [1.807, 2.05) is 18.2 Å². The molecule has 2 heterocycles. The van der Waals surface area contributed by atoms with Gasteiger partial charge in [-0.25, -0.2) is 4.98 Å². The second-order valence-corrected chi connectivity index (χ2v) is 3.81. The summed E-state index contributed by atoms with van der Waals surface area (Å²) in [5.74, 6) is 0.557. The van der Waals surface area contributed by atoms with E-state index in [9.17, 15) is 4.79 Å². The van der Waals surface area contributed by atoms with Crippen molar-refractivity contribution < 1.29 is 4.79 Å². The predicted molar refractivity (Wildman–Crippen MR) is 70.2 cm³/mol. The van der Waals surface area contributed by atoms with E-state index in [1.54, 1.807) is 37.6 Å². The number of pyridine rings is 2. The van der Waals surface area contributed by atoms with E-state index in [2.05, 4.69) is 20.6 Å². The molecule has 0 spiro atoms.